The molecule has 0 spiro atoms. The number of nitrogens with one attached hydrogen (secondary N) is 1. The number of fused-ring (bicyclic) bond motifs is 1. The molecule has 0 aliphatic carbocycles. The van der Waals surface area contributed by atoms with Gasteiger partial charge in [-0.15, -0.1) is 0 Å². The molecule has 1 saturated heterocycles. The standard InChI is InChI=1S/C23H23F3N2O4/c24-23(25,26)17-5-1-4-15(12-17)18(14-28-9-2-6-21(28)29)27-22(30)16-7-8-19-20(13-16)32-11-3-10-31-19/h1,4-5,7-8,12-13,18H,2-3,6,9-11,14H2,(H,27,30). The van der Waals surface area contributed by atoms with E-state index in [-0.39, 0.29) is 18.0 Å². The zero-order valence-electron chi connectivity index (χ0n) is 17.3. The average Bonchev–Trinajstić information content (AvgIpc) is 3.03. The fraction of sp³-hybridized carbons (Fsp3) is 0.391. The molecule has 1 atom stereocenters. The number of benzene rings is 2. The van der Waals surface area contributed by atoms with Crippen molar-refractivity contribution in [2.75, 3.05) is 26.3 Å². The number of alkyl halides is 3. The lowest BCUT2D eigenvalue weighted by molar-refractivity contribution is -0.137. The number of nitrogens with zero attached hydrogens (tertiary/aromatic N) is 1. The van der Waals surface area contributed by atoms with Crippen molar-refractivity contribution in [3.05, 3.63) is 59.2 Å². The molecule has 0 radical (unpaired) electrons. The normalized spacial score (nSPS) is 17.1. The molecule has 1 unspecified atom stereocenters. The van der Waals surface area contributed by atoms with Crippen LogP contribution in [0.15, 0.2) is 42.5 Å². The number of hydrogen-bond donors (Lipinski definition) is 1. The highest BCUT2D eigenvalue weighted by molar-refractivity contribution is 5.95. The lowest BCUT2D eigenvalue weighted by atomic mass is 10.0. The highest BCUT2D eigenvalue weighted by Crippen LogP contribution is 2.32. The van der Waals surface area contributed by atoms with Crippen molar-refractivity contribution >= 4 is 11.8 Å². The third kappa shape index (κ3) is 4.98. The number of carbonyl (C=O) groups is 2. The van der Waals surface area contributed by atoms with E-state index in [2.05, 4.69) is 5.32 Å². The zero-order chi connectivity index (χ0) is 22.7. The van der Waals surface area contributed by atoms with E-state index in [0.717, 1.165) is 18.6 Å². The maximum absolute atomic E-state index is 13.2. The van der Waals surface area contributed by atoms with Crippen LogP contribution < -0.4 is 14.8 Å². The van der Waals surface area contributed by atoms with Crippen molar-refractivity contribution < 1.29 is 32.2 Å². The molecule has 1 fully saturated rings. The Bertz CT molecular complexity index is 1010. The van der Waals surface area contributed by atoms with Gasteiger partial charge in [0.15, 0.2) is 11.5 Å². The Morgan fingerprint density at radius 2 is 1.84 bits per heavy atom. The second-order valence-electron chi connectivity index (χ2n) is 7.80. The molecule has 2 aromatic carbocycles. The van der Waals surface area contributed by atoms with E-state index in [0.29, 0.717) is 49.7 Å². The first-order valence-corrected chi connectivity index (χ1v) is 10.5. The summed E-state index contributed by atoms with van der Waals surface area (Å²) in [6.45, 7) is 1.58. The van der Waals surface area contributed by atoms with E-state index in [1.165, 1.54) is 12.1 Å². The molecule has 0 bridgehead atoms. The van der Waals surface area contributed by atoms with E-state index in [1.54, 1.807) is 23.1 Å². The maximum Gasteiger partial charge on any atom is 0.416 e. The summed E-state index contributed by atoms with van der Waals surface area (Å²) >= 11 is 0. The van der Waals surface area contributed by atoms with E-state index >= 15 is 0 Å². The van der Waals surface area contributed by atoms with Gasteiger partial charge in [-0.05, 0) is 42.3 Å². The summed E-state index contributed by atoms with van der Waals surface area (Å²) in [6, 6.07) is 8.78. The first-order chi connectivity index (χ1) is 15.3. The number of halogens is 3. The van der Waals surface area contributed by atoms with E-state index in [4.69, 9.17) is 9.47 Å². The molecule has 1 N–H and O–H groups in total. The molecule has 0 aromatic heterocycles. The van der Waals surface area contributed by atoms with Gasteiger partial charge in [-0.2, -0.15) is 13.2 Å². The van der Waals surface area contributed by atoms with Crippen LogP contribution in [0.2, 0.25) is 0 Å². The molecule has 170 valence electrons. The topological polar surface area (TPSA) is 67.9 Å². The molecule has 32 heavy (non-hydrogen) atoms. The molecular formula is C23H23F3N2O4. The largest absolute Gasteiger partial charge is 0.490 e. The third-order valence-electron chi connectivity index (χ3n) is 5.51. The monoisotopic (exact) mass is 448 g/mol. The van der Waals surface area contributed by atoms with Crippen LogP contribution in [0.3, 0.4) is 0 Å². The van der Waals surface area contributed by atoms with E-state index in [1.807, 2.05) is 0 Å². The molecular weight excluding hydrogens is 425 g/mol. The van der Waals surface area contributed by atoms with Gasteiger partial charge in [-0.3, -0.25) is 9.59 Å². The van der Waals surface area contributed by atoms with Crippen molar-refractivity contribution in [2.24, 2.45) is 0 Å². The van der Waals surface area contributed by atoms with Crippen LogP contribution in [0.25, 0.3) is 0 Å². The summed E-state index contributed by atoms with van der Waals surface area (Å²) in [5.74, 6) is 0.429. The molecule has 9 heteroatoms. The Balaban J connectivity index is 1.59. The van der Waals surface area contributed by atoms with Crippen molar-refractivity contribution in [2.45, 2.75) is 31.5 Å². The van der Waals surface area contributed by atoms with Crippen LogP contribution in [-0.4, -0.2) is 43.0 Å². The predicted molar refractivity (Wildman–Crippen MR) is 110 cm³/mol. The Kier molecular flexibility index (Phi) is 6.25. The first kappa shape index (κ1) is 22.0. The van der Waals surface area contributed by atoms with Gasteiger partial charge in [-0.1, -0.05) is 12.1 Å². The van der Waals surface area contributed by atoms with Gasteiger partial charge in [0.2, 0.25) is 5.91 Å². The third-order valence-corrected chi connectivity index (χ3v) is 5.51. The second-order valence-corrected chi connectivity index (χ2v) is 7.80. The van der Waals surface area contributed by atoms with Gasteiger partial charge in [0.1, 0.15) is 0 Å². The van der Waals surface area contributed by atoms with Gasteiger partial charge < -0.3 is 19.7 Å². The summed E-state index contributed by atoms with van der Waals surface area (Å²) in [7, 11) is 0. The Hall–Kier alpha value is -3.23. The number of rotatable bonds is 5. The van der Waals surface area contributed by atoms with Gasteiger partial charge in [-0.25, -0.2) is 0 Å². The highest BCUT2D eigenvalue weighted by atomic mass is 19.4. The van der Waals surface area contributed by atoms with Gasteiger partial charge >= 0.3 is 6.18 Å². The van der Waals surface area contributed by atoms with Gasteiger partial charge in [0.25, 0.3) is 5.91 Å². The number of amides is 2. The van der Waals surface area contributed by atoms with Crippen LogP contribution in [0, 0.1) is 0 Å². The fourth-order valence-corrected chi connectivity index (χ4v) is 3.83. The van der Waals surface area contributed by atoms with Crippen LogP contribution >= 0.6 is 0 Å². The quantitative estimate of drug-likeness (QED) is 0.752. The molecule has 2 aromatic rings. The van der Waals surface area contributed by atoms with Crippen LogP contribution in [0.4, 0.5) is 13.2 Å². The summed E-state index contributed by atoms with van der Waals surface area (Å²) in [4.78, 5) is 26.7. The average molecular weight is 448 g/mol. The number of hydrogen-bond acceptors (Lipinski definition) is 4. The Morgan fingerprint density at radius 1 is 1.06 bits per heavy atom. The fourth-order valence-electron chi connectivity index (χ4n) is 3.83. The van der Waals surface area contributed by atoms with Crippen molar-refractivity contribution in [1.29, 1.82) is 0 Å². The van der Waals surface area contributed by atoms with Crippen molar-refractivity contribution in [3.8, 4) is 11.5 Å². The van der Waals surface area contributed by atoms with Gasteiger partial charge in [0, 0.05) is 31.5 Å². The molecule has 2 amide bonds. The molecule has 2 aliphatic rings. The molecule has 6 nitrogen and oxygen atoms in total. The highest BCUT2D eigenvalue weighted by Gasteiger charge is 2.32. The maximum atomic E-state index is 13.2. The van der Waals surface area contributed by atoms with E-state index < -0.39 is 23.7 Å². The zero-order valence-corrected chi connectivity index (χ0v) is 17.3. The SMILES string of the molecule is O=C(NC(CN1CCCC1=O)c1cccc(C(F)(F)F)c1)c1ccc2c(c1)OCCCO2. The minimum absolute atomic E-state index is 0.0770. The van der Waals surface area contributed by atoms with E-state index in [9.17, 15) is 22.8 Å². The first-order valence-electron chi connectivity index (χ1n) is 10.5. The van der Waals surface area contributed by atoms with Gasteiger partial charge in [0.05, 0.1) is 24.8 Å². The summed E-state index contributed by atoms with van der Waals surface area (Å²) in [5.41, 5.74) is -0.237. The molecule has 2 aliphatic heterocycles. The minimum atomic E-state index is -4.51. The lowest BCUT2D eigenvalue weighted by Crippen LogP contribution is -2.38. The van der Waals surface area contributed by atoms with Crippen molar-refractivity contribution in [3.63, 3.8) is 0 Å². The summed E-state index contributed by atoms with van der Waals surface area (Å²) < 4.78 is 50.9. The number of ether oxygens (including phenoxy) is 2. The second kappa shape index (κ2) is 9.10. The van der Waals surface area contributed by atoms with Crippen LogP contribution in [-0.2, 0) is 11.0 Å². The predicted octanol–water partition coefficient (Wildman–Crippen LogP) is 3.96. The molecule has 0 saturated carbocycles. The van der Waals surface area contributed by atoms with Crippen LogP contribution in [0.1, 0.15) is 46.8 Å². The molecule has 2 heterocycles. The Morgan fingerprint density at radius 3 is 2.56 bits per heavy atom. The van der Waals surface area contributed by atoms with Crippen LogP contribution in [0.5, 0.6) is 11.5 Å². The minimum Gasteiger partial charge on any atom is -0.490 e. The molecule has 4 rings (SSSR count). The number of likely N-dealkylation sites (tertiary alicyclic amines) is 1. The summed E-state index contributed by atoms with van der Waals surface area (Å²) in [6.07, 6.45) is -2.71. The Labute approximate surface area is 183 Å². The summed E-state index contributed by atoms with van der Waals surface area (Å²) in [5, 5.41) is 2.80. The lowest BCUT2D eigenvalue weighted by Gasteiger charge is -2.26. The smallest absolute Gasteiger partial charge is 0.416 e. The van der Waals surface area contributed by atoms with Crippen molar-refractivity contribution in [1.82, 2.24) is 10.2 Å². The number of carbonyl (C=O) groups excluding carboxylic acids is 2.